The second kappa shape index (κ2) is 4.05. The van der Waals surface area contributed by atoms with Crippen LogP contribution in [0.5, 0.6) is 0 Å². The lowest BCUT2D eigenvalue weighted by Crippen LogP contribution is -2.04. The number of halogens is 4. The van der Waals surface area contributed by atoms with Crippen LogP contribution >= 0.6 is 15.9 Å². The molecule has 0 aliphatic rings. The molecule has 0 radical (unpaired) electrons. The molecule has 0 amide bonds. The predicted molar refractivity (Wildman–Crippen MR) is 59.4 cm³/mol. The van der Waals surface area contributed by atoms with Crippen LogP contribution in [0.1, 0.15) is 11.3 Å². The Labute approximate surface area is 98.4 Å². The molecule has 2 rings (SSSR count). The van der Waals surface area contributed by atoms with Crippen molar-refractivity contribution in [2.75, 3.05) is 0 Å². The van der Waals surface area contributed by atoms with Crippen molar-refractivity contribution in [1.29, 1.82) is 0 Å². The van der Waals surface area contributed by atoms with E-state index < -0.39 is 11.7 Å². The minimum Gasteiger partial charge on any atom is -0.252 e. The molecule has 0 saturated heterocycles. The third-order valence-corrected chi connectivity index (χ3v) is 2.79. The van der Waals surface area contributed by atoms with Gasteiger partial charge >= 0.3 is 6.18 Å². The van der Waals surface area contributed by atoms with Crippen LogP contribution < -0.4 is 0 Å². The summed E-state index contributed by atoms with van der Waals surface area (Å²) in [4.78, 5) is 4.12. The molecular formula is C11H7BrF3N. The monoisotopic (exact) mass is 289 g/mol. The van der Waals surface area contributed by atoms with Crippen LogP contribution in [0.2, 0.25) is 0 Å². The van der Waals surface area contributed by atoms with Crippen molar-refractivity contribution >= 4 is 26.8 Å². The minimum absolute atomic E-state index is 0.367. The Kier molecular flexibility index (Phi) is 2.88. The van der Waals surface area contributed by atoms with E-state index in [-0.39, 0.29) is 0 Å². The number of alkyl halides is 4. The van der Waals surface area contributed by atoms with E-state index in [2.05, 4.69) is 20.9 Å². The summed E-state index contributed by atoms with van der Waals surface area (Å²) in [7, 11) is 0. The Bertz CT molecular complexity index is 522. The number of fused-ring (bicyclic) bond motifs is 1. The van der Waals surface area contributed by atoms with E-state index in [0.29, 0.717) is 21.9 Å². The van der Waals surface area contributed by atoms with Gasteiger partial charge < -0.3 is 0 Å². The first kappa shape index (κ1) is 11.4. The minimum atomic E-state index is -4.32. The van der Waals surface area contributed by atoms with Gasteiger partial charge in [0.2, 0.25) is 0 Å². The SMILES string of the molecule is FC(F)(F)c1ccc2ccc(CBr)nc2c1. The Morgan fingerprint density at radius 2 is 1.81 bits per heavy atom. The largest absolute Gasteiger partial charge is 0.416 e. The molecule has 84 valence electrons. The maximum Gasteiger partial charge on any atom is 0.416 e. The number of rotatable bonds is 1. The van der Waals surface area contributed by atoms with Crippen molar-refractivity contribution in [3.63, 3.8) is 0 Å². The lowest BCUT2D eigenvalue weighted by molar-refractivity contribution is -0.137. The van der Waals surface area contributed by atoms with Crippen LogP contribution in [0.3, 0.4) is 0 Å². The molecule has 0 aliphatic heterocycles. The van der Waals surface area contributed by atoms with Gasteiger partial charge in [0.05, 0.1) is 16.8 Å². The van der Waals surface area contributed by atoms with Crippen molar-refractivity contribution < 1.29 is 13.2 Å². The van der Waals surface area contributed by atoms with Crippen LogP contribution in [-0.4, -0.2) is 4.98 Å². The first-order chi connectivity index (χ1) is 7.50. The van der Waals surface area contributed by atoms with Gasteiger partial charge in [0.25, 0.3) is 0 Å². The van der Waals surface area contributed by atoms with E-state index in [1.165, 1.54) is 6.07 Å². The molecule has 2 aromatic rings. The van der Waals surface area contributed by atoms with Crippen molar-refractivity contribution in [1.82, 2.24) is 4.98 Å². The number of pyridine rings is 1. The summed E-state index contributed by atoms with van der Waals surface area (Å²) in [5, 5.41) is 1.23. The third-order valence-electron chi connectivity index (χ3n) is 2.21. The molecule has 0 atom stereocenters. The Morgan fingerprint density at radius 1 is 1.12 bits per heavy atom. The molecule has 0 fully saturated rings. The fraction of sp³-hybridized carbons (Fsp3) is 0.182. The molecule has 0 aliphatic carbocycles. The quantitative estimate of drug-likeness (QED) is 0.719. The van der Waals surface area contributed by atoms with Crippen molar-refractivity contribution in [3.05, 3.63) is 41.6 Å². The maximum atomic E-state index is 12.5. The highest BCUT2D eigenvalue weighted by Crippen LogP contribution is 2.31. The van der Waals surface area contributed by atoms with Gasteiger partial charge in [0.1, 0.15) is 0 Å². The summed E-state index contributed by atoms with van der Waals surface area (Å²) < 4.78 is 37.4. The van der Waals surface area contributed by atoms with Crippen LogP contribution in [-0.2, 0) is 11.5 Å². The Hall–Kier alpha value is -1.10. The molecule has 0 N–H and O–H groups in total. The molecule has 1 aromatic heterocycles. The zero-order chi connectivity index (χ0) is 11.8. The summed E-state index contributed by atoms with van der Waals surface area (Å²) in [5.41, 5.74) is 0.415. The van der Waals surface area contributed by atoms with E-state index in [4.69, 9.17) is 0 Å². The van der Waals surface area contributed by atoms with Crippen molar-refractivity contribution in [3.8, 4) is 0 Å². The lowest BCUT2D eigenvalue weighted by atomic mass is 10.1. The molecule has 1 heterocycles. The number of aromatic nitrogens is 1. The van der Waals surface area contributed by atoms with Crippen LogP contribution in [0, 0.1) is 0 Å². The molecule has 5 heteroatoms. The molecule has 0 unspecified atom stereocenters. The van der Waals surface area contributed by atoms with Crippen molar-refractivity contribution in [2.24, 2.45) is 0 Å². The van der Waals surface area contributed by atoms with Crippen LogP contribution in [0.25, 0.3) is 10.9 Å². The highest BCUT2D eigenvalue weighted by Gasteiger charge is 2.30. The van der Waals surface area contributed by atoms with Crippen molar-refractivity contribution in [2.45, 2.75) is 11.5 Å². The van der Waals surface area contributed by atoms with Gasteiger partial charge in [0.15, 0.2) is 0 Å². The second-order valence-corrected chi connectivity index (χ2v) is 3.90. The number of nitrogens with zero attached hydrogens (tertiary/aromatic N) is 1. The van der Waals surface area contributed by atoms with Gasteiger partial charge in [-0.3, -0.25) is 4.98 Å². The summed E-state index contributed by atoms with van der Waals surface area (Å²) in [5.74, 6) is 0. The molecule has 16 heavy (non-hydrogen) atoms. The fourth-order valence-electron chi connectivity index (χ4n) is 1.41. The van der Waals surface area contributed by atoms with Crippen LogP contribution in [0.4, 0.5) is 13.2 Å². The van der Waals surface area contributed by atoms with E-state index in [9.17, 15) is 13.2 Å². The Morgan fingerprint density at radius 3 is 2.44 bits per heavy atom. The van der Waals surface area contributed by atoms with Gasteiger partial charge in [-0.15, -0.1) is 0 Å². The number of hydrogen-bond acceptors (Lipinski definition) is 1. The highest BCUT2D eigenvalue weighted by molar-refractivity contribution is 9.08. The van der Waals surface area contributed by atoms with E-state index >= 15 is 0 Å². The van der Waals surface area contributed by atoms with E-state index in [1.807, 2.05) is 0 Å². The topological polar surface area (TPSA) is 12.9 Å². The van der Waals surface area contributed by atoms with Gasteiger partial charge in [-0.2, -0.15) is 13.2 Å². The van der Waals surface area contributed by atoms with Crippen LogP contribution in [0.15, 0.2) is 30.3 Å². The highest BCUT2D eigenvalue weighted by atomic mass is 79.9. The normalized spacial score (nSPS) is 12.0. The predicted octanol–water partition coefficient (Wildman–Crippen LogP) is 4.15. The van der Waals surface area contributed by atoms with Gasteiger partial charge in [-0.05, 0) is 18.2 Å². The summed E-state index contributed by atoms with van der Waals surface area (Å²) in [6, 6.07) is 7.12. The summed E-state index contributed by atoms with van der Waals surface area (Å²) >= 11 is 3.22. The molecule has 1 aromatic carbocycles. The summed E-state index contributed by atoms with van der Waals surface area (Å²) in [6.45, 7) is 0. The average molecular weight is 290 g/mol. The Balaban J connectivity index is 2.59. The first-order valence-electron chi connectivity index (χ1n) is 4.53. The van der Waals surface area contributed by atoms with Gasteiger partial charge in [0, 0.05) is 10.7 Å². The zero-order valence-electron chi connectivity index (χ0n) is 8.05. The molecule has 0 spiro atoms. The maximum absolute atomic E-state index is 12.5. The molecule has 1 nitrogen and oxygen atoms in total. The van der Waals surface area contributed by atoms with E-state index in [0.717, 1.165) is 12.1 Å². The second-order valence-electron chi connectivity index (χ2n) is 3.34. The summed E-state index contributed by atoms with van der Waals surface area (Å²) in [6.07, 6.45) is -4.32. The van der Waals surface area contributed by atoms with Gasteiger partial charge in [-0.25, -0.2) is 0 Å². The first-order valence-corrected chi connectivity index (χ1v) is 5.66. The average Bonchev–Trinajstić information content (AvgIpc) is 2.26. The fourth-order valence-corrected chi connectivity index (χ4v) is 1.72. The number of benzene rings is 1. The lowest BCUT2D eigenvalue weighted by Gasteiger charge is -2.07. The standard InChI is InChI=1S/C11H7BrF3N/c12-6-9-4-2-7-1-3-8(11(13,14)15)5-10(7)16-9/h1-5H,6H2. The number of hydrogen-bond donors (Lipinski definition) is 0. The molecule has 0 bridgehead atoms. The molecular weight excluding hydrogens is 283 g/mol. The zero-order valence-corrected chi connectivity index (χ0v) is 9.64. The molecule has 0 saturated carbocycles. The van der Waals surface area contributed by atoms with Gasteiger partial charge in [-0.1, -0.05) is 28.1 Å². The van der Waals surface area contributed by atoms with E-state index in [1.54, 1.807) is 12.1 Å². The third kappa shape index (κ3) is 2.19. The smallest absolute Gasteiger partial charge is 0.252 e.